The first-order valence-corrected chi connectivity index (χ1v) is 5.26. The summed E-state index contributed by atoms with van der Waals surface area (Å²) < 4.78 is 20.9. The van der Waals surface area contributed by atoms with E-state index >= 15 is 0 Å². The molecule has 0 unspecified atom stereocenters. The average molecular weight is 224 g/mol. The van der Waals surface area contributed by atoms with Crippen molar-refractivity contribution < 1.29 is 18.9 Å². The van der Waals surface area contributed by atoms with Crippen LogP contribution in [0.15, 0.2) is 18.2 Å². The van der Waals surface area contributed by atoms with Gasteiger partial charge in [0.05, 0.1) is 20.3 Å². The minimum atomic E-state index is 0.238. The fourth-order valence-electron chi connectivity index (χ4n) is 1.48. The third-order valence-electron chi connectivity index (χ3n) is 2.44. The van der Waals surface area contributed by atoms with Crippen molar-refractivity contribution in [3.63, 3.8) is 0 Å². The van der Waals surface area contributed by atoms with E-state index in [0.717, 1.165) is 23.7 Å². The van der Waals surface area contributed by atoms with Crippen LogP contribution in [0.25, 0.3) is 0 Å². The minimum absolute atomic E-state index is 0.238. The zero-order valence-corrected chi connectivity index (χ0v) is 9.56. The van der Waals surface area contributed by atoms with Crippen molar-refractivity contribution in [3.8, 4) is 11.5 Å². The number of epoxide rings is 1. The van der Waals surface area contributed by atoms with E-state index in [0.29, 0.717) is 13.2 Å². The van der Waals surface area contributed by atoms with Gasteiger partial charge in [-0.1, -0.05) is 6.07 Å². The first-order chi connectivity index (χ1) is 7.85. The highest BCUT2D eigenvalue weighted by Crippen LogP contribution is 2.36. The number of benzene rings is 1. The Morgan fingerprint density at radius 2 is 2.06 bits per heavy atom. The molecule has 1 aliphatic heterocycles. The number of ether oxygens (including phenoxy) is 4. The van der Waals surface area contributed by atoms with Crippen molar-refractivity contribution in [3.05, 3.63) is 23.8 Å². The highest BCUT2D eigenvalue weighted by Gasteiger charge is 2.25. The van der Waals surface area contributed by atoms with Gasteiger partial charge in [0.1, 0.15) is 12.7 Å². The second kappa shape index (κ2) is 5.18. The van der Waals surface area contributed by atoms with Gasteiger partial charge >= 0.3 is 0 Å². The number of hydrogen-bond donors (Lipinski definition) is 0. The Labute approximate surface area is 95.1 Å². The lowest BCUT2D eigenvalue weighted by Crippen LogP contribution is -2.05. The lowest BCUT2D eigenvalue weighted by Gasteiger charge is -2.11. The molecule has 0 amide bonds. The largest absolute Gasteiger partial charge is 0.493 e. The molecular formula is C12H16O4. The molecule has 1 fully saturated rings. The lowest BCUT2D eigenvalue weighted by atomic mass is 10.1. The molecule has 2 rings (SSSR count). The second-order valence-electron chi connectivity index (χ2n) is 3.57. The summed E-state index contributed by atoms with van der Waals surface area (Å²) in [6, 6.07) is 5.87. The molecule has 1 aliphatic rings. The molecule has 0 aromatic heterocycles. The summed E-state index contributed by atoms with van der Waals surface area (Å²) >= 11 is 0. The average Bonchev–Trinajstić information content (AvgIpc) is 3.13. The molecule has 0 N–H and O–H groups in total. The van der Waals surface area contributed by atoms with Crippen LogP contribution in [-0.4, -0.2) is 34.0 Å². The van der Waals surface area contributed by atoms with Gasteiger partial charge in [-0.2, -0.15) is 0 Å². The maximum absolute atomic E-state index is 5.53. The van der Waals surface area contributed by atoms with E-state index in [2.05, 4.69) is 0 Å². The van der Waals surface area contributed by atoms with Gasteiger partial charge in [-0.3, -0.25) is 0 Å². The number of rotatable bonds is 6. The Kier molecular flexibility index (Phi) is 3.64. The second-order valence-corrected chi connectivity index (χ2v) is 3.57. The molecule has 4 heteroatoms. The highest BCUT2D eigenvalue weighted by molar-refractivity contribution is 5.44. The van der Waals surface area contributed by atoms with Crippen molar-refractivity contribution in [2.45, 2.75) is 6.10 Å². The van der Waals surface area contributed by atoms with E-state index in [1.807, 2.05) is 18.2 Å². The van der Waals surface area contributed by atoms with E-state index in [1.165, 1.54) is 0 Å². The SMILES string of the molecule is COCCOc1ccc([C@H]2CO2)cc1OC. The van der Waals surface area contributed by atoms with Crippen LogP contribution in [0.3, 0.4) is 0 Å². The predicted molar refractivity (Wildman–Crippen MR) is 59.1 cm³/mol. The van der Waals surface area contributed by atoms with E-state index in [1.54, 1.807) is 14.2 Å². The molecule has 0 saturated carbocycles. The number of methoxy groups -OCH3 is 2. The molecule has 0 spiro atoms. The Balaban J connectivity index is 2.05. The van der Waals surface area contributed by atoms with Gasteiger partial charge in [-0.05, 0) is 17.7 Å². The fraction of sp³-hybridized carbons (Fsp3) is 0.500. The highest BCUT2D eigenvalue weighted by atomic mass is 16.6. The van der Waals surface area contributed by atoms with E-state index < -0.39 is 0 Å². The van der Waals surface area contributed by atoms with Crippen LogP contribution in [0.2, 0.25) is 0 Å². The molecule has 0 aliphatic carbocycles. The molecule has 4 nitrogen and oxygen atoms in total. The standard InChI is InChI=1S/C12H16O4/c1-13-5-6-15-10-4-3-9(12-8-16-12)7-11(10)14-2/h3-4,7,12H,5-6,8H2,1-2H3/t12-/m1/s1. The molecular weight excluding hydrogens is 208 g/mol. The third kappa shape index (κ3) is 2.65. The molecule has 0 bridgehead atoms. The first-order valence-electron chi connectivity index (χ1n) is 5.26. The Bertz CT molecular complexity index is 347. The Morgan fingerprint density at radius 1 is 1.25 bits per heavy atom. The van der Waals surface area contributed by atoms with Crippen LogP contribution in [0.4, 0.5) is 0 Å². The molecule has 1 heterocycles. The van der Waals surface area contributed by atoms with Crippen molar-refractivity contribution in [2.24, 2.45) is 0 Å². The van der Waals surface area contributed by atoms with Crippen LogP contribution in [0.5, 0.6) is 11.5 Å². The van der Waals surface area contributed by atoms with Gasteiger partial charge in [0.25, 0.3) is 0 Å². The Morgan fingerprint density at radius 3 is 2.69 bits per heavy atom. The number of hydrogen-bond acceptors (Lipinski definition) is 4. The first kappa shape index (κ1) is 11.2. The summed E-state index contributed by atoms with van der Waals surface area (Å²) in [4.78, 5) is 0. The van der Waals surface area contributed by atoms with E-state index in [9.17, 15) is 0 Å². The van der Waals surface area contributed by atoms with Crippen molar-refractivity contribution in [2.75, 3.05) is 34.0 Å². The summed E-state index contributed by atoms with van der Waals surface area (Å²) in [6.45, 7) is 1.88. The monoisotopic (exact) mass is 224 g/mol. The quantitative estimate of drug-likeness (QED) is 0.545. The Hall–Kier alpha value is -1.26. The van der Waals surface area contributed by atoms with Crippen LogP contribution in [-0.2, 0) is 9.47 Å². The molecule has 88 valence electrons. The van der Waals surface area contributed by atoms with Crippen LogP contribution >= 0.6 is 0 Å². The molecule has 1 atom stereocenters. The normalized spacial score (nSPS) is 18.2. The van der Waals surface area contributed by atoms with Gasteiger partial charge in [-0.25, -0.2) is 0 Å². The molecule has 0 radical (unpaired) electrons. The summed E-state index contributed by atoms with van der Waals surface area (Å²) in [7, 11) is 3.28. The molecule has 16 heavy (non-hydrogen) atoms. The zero-order chi connectivity index (χ0) is 11.4. The van der Waals surface area contributed by atoms with Gasteiger partial charge in [-0.15, -0.1) is 0 Å². The van der Waals surface area contributed by atoms with Gasteiger partial charge in [0.2, 0.25) is 0 Å². The van der Waals surface area contributed by atoms with Gasteiger partial charge in [0, 0.05) is 7.11 Å². The third-order valence-corrected chi connectivity index (χ3v) is 2.44. The van der Waals surface area contributed by atoms with Gasteiger partial charge in [0.15, 0.2) is 11.5 Å². The predicted octanol–water partition coefficient (Wildman–Crippen LogP) is 1.79. The van der Waals surface area contributed by atoms with E-state index in [-0.39, 0.29) is 6.10 Å². The van der Waals surface area contributed by atoms with Crippen LogP contribution in [0, 0.1) is 0 Å². The topological polar surface area (TPSA) is 40.2 Å². The lowest BCUT2D eigenvalue weighted by molar-refractivity contribution is 0.144. The molecule has 1 aromatic carbocycles. The smallest absolute Gasteiger partial charge is 0.161 e. The van der Waals surface area contributed by atoms with Crippen molar-refractivity contribution in [1.82, 2.24) is 0 Å². The summed E-state index contributed by atoms with van der Waals surface area (Å²) in [5.74, 6) is 1.48. The van der Waals surface area contributed by atoms with E-state index in [4.69, 9.17) is 18.9 Å². The fourth-order valence-corrected chi connectivity index (χ4v) is 1.48. The van der Waals surface area contributed by atoms with Crippen LogP contribution < -0.4 is 9.47 Å². The van der Waals surface area contributed by atoms with Crippen LogP contribution in [0.1, 0.15) is 11.7 Å². The van der Waals surface area contributed by atoms with Gasteiger partial charge < -0.3 is 18.9 Å². The summed E-state index contributed by atoms with van der Waals surface area (Å²) in [5, 5.41) is 0. The molecule has 1 saturated heterocycles. The maximum atomic E-state index is 5.53. The zero-order valence-electron chi connectivity index (χ0n) is 9.56. The van der Waals surface area contributed by atoms with Crippen molar-refractivity contribution in [1.29, 1.82) is 0 Å². The molecule has 1 aromatic rings. The maximum Gasteiger partial charge on any atom is 0.161 e. The summed E-state index contributed by atoms with van der Waals surface area (Å²) in [6.07, 6.45) is 0.238. The van der Waals surface area contributed by atoms with Crippen molar-refractivity contribution >= 4 is 0 Å². The minimum Gasteiger partial charge on any atom is -0.493 e. The summed E-state index contributed by atoms with van der Waals surface area (Å²) in [5.41, 5.74) is 1.14.